The predicted molar refractivity (Wildman–Crippen MR) is 67.2 cm³/mol. The maximum absolute atomic E-state index is 11.7. The highest BCUT2D eigenvalue weighted by Gasteiger charge is 2.17. The van der Waals surface area contributed by atoms with Gasteiger partial charge in [-0.2, -0.15) is 0 Å². The molecule has 1 heterocycles. The van der Waals surface area contributed by atoms with Crippen molar-refractivity contribution in [1.82, 2.24) is 10.3 Å². The summed E-state index contributed by atoms with van der Waals surface area (Å²) in [7, 11) is 0. The number of hydrogen-bond acceptors (Lipinski definition) is 3. The topological polar surface area (TPSA) is 51.2 Å². The molecule has 0 spiro atoms. The quantitative estimate of drug-likeness (QED) is 0.823. The summed E-state index contributed by atoms with van der Waals surface area (Å²) in [5.41, 5.74) is 0. The lowest BCUT2D eigenvalue weighted by Crippen LogP contribution is -2.41. The van der Waals surface area contributed by atoms with Gasteiger partial charge in [0.1, 0.15) is 0 Å². The van der Waals surface area contributed by atoms with Crippen molar-refractivity contribution in [1.29, 1.82) is 0 Å². The van der Waals surface area contributed by atoms with Gasteiger partial charge in [0, 0.05) is 12.2 Å². The monoisotopic (exact) mass is 256 g/mol. The molecule has 1 amide bonds. The second-order valence-electron chi connectivity index (χ2n) is 3.87. The average Bonchev–Trinajstić information content (AvgIpc) is 2.31. The molecule has 1 aromatic heterocycles. The molecule has 0 saturated heterocycles. The van der Waals surface area contributed by atoms with Gasteiger partial charge in [-0.1, -0.05) is 18.5 Å². The van der Waals surface area contributed by atoms with Crippen molar-refractivity contribution in [3.05, 3.63) is 23.5 Å². The molecule has 0 saturated carbocycles. The van der Waals surface area contributed by atoms with Gasteiger partial charge in [0.25, 0.3) is 5.91 Å². The van der Waals surface area contributed by atoms with Crippen molar-refractivity contribution >= 4 is 17.5 Å². The maximum atomic E-state index is 11.7. The highest BCUT2D eigenvalue weighted by Crippen LogP contribution is 2.21. The number of pyridine rings is 1. The van der Waals surface area contributed by atoms with E-state index in [2.05, 4.69) is 10.3 Å². The first kappa shape index (κ1) is 13.8. The molecule has 0 fully saturated rings. The predicted octanol–water partition coefficient (Wildman–Crippen LogP) is 2.42. The third-order valence-electron chi connectivity index (χ3n) is 2.40. The number of nitrogens with one attached hydrogen (secondary N) is 1. The number of aromatic nitrogens is 1. The minimum Gasteiger partial charge on any atom is -0.478 e. The Hall–Kier alpha value is -1.29. The van der Waals surface area contributed by atoms with E-state index in [-0.39, 0.29) is 17.1 Å². The third-order valence-corrected chi connectivity index (χ3v) is 2.68. The molecule has 0 aromatic carbocycles. The molecule has 17 heavy (non-hydrogen) atoms. The number of carbonyl (C=O) groups is 1. The SMILES string of the molecule is CCC(C)NC(=O)C(C)Oc1cccnc1Cl. The highest BCUT2D eigenvalue weighted by molar-refractivity contribution is 6.30. The number of amides is 1. The lowest BCUT2D eigenvalue weighted by Gasteiger charge is -2.17. The summed E-state index contributed by atoms with van der Waals surface area (Å²) in [5.74, 6) is 0.264. The van der Waals surface area contributed by atoms with Crippen LogP contribution in [0.25, 0.3) is 0 Å². The molecule has 0 aliphatic rings. The summed E-state index contributed by atoms with van der Waals surface area (Å²) in [6.07, 6.45) is 1.86. The van der Waals surface area contributed by atoms with E-state index in [0.29, 0.717) is 5.75 Å². The van der Waals surface area contributed by atoms with E-state index < -0.39 is 6.10 Å². The summed E-state index contributed by atoms with van der Waals surface area (Å²) < 4.78 is 5.45. The van der Waals surface area contributed by atoms with Gasteiger partial charge in [0.2, 0.25) is 0 Å². The van der Waals surface area contributed by atoms with Crippen LogP contribution in [-0.4, -0.2) is 23.0 Å². The molecule has 0 aliphatic heterocycles. The summed E-state index contributed by atoms with van der Waals surface area (Å²) in [5, 5.41) is 3.10. The third kappa shape index (κ3) is 4.23. The number of ether oxygens (including phenoxy) is 1. The van der Waals surface area contributed by atoms with E-state index in [1.807, 2.05) is 13.8 Å². The Morgan fingerprint density at radius 1 is 1.59 bits per heavy atom. The summed E-state index contributed by atoms with van der Waals surface area (Å²) in [4.78, 5) is 15.6. The number of rotatable bonds is 5. The normalized spacial score (nSPS) is 13.9. The van der Waals surface area contributed by atoms with Crippen molar-refractivity contribution in [3.63, 3.8) is 0 Å². The fourth-order valence-corrected chi connectivity index (χ4v) is 1.33. The molecular formula is C12H17ClN2O2. The fraction of sp³-hybridized carbons (Fsp3) is 0.500. The van der Waals surface area contributed by atoms with Crippen LogP contribution >= 0.6 is 11.6 Å². The second-order valence-corrected chi connectivity index (χ2v) is 4.23. The molecule has 1 N–H and O–H groups in total. The molecular weight excluding hydrogens is 240 g/mol. The van der Waals surface area contributed by atoms with Gasteiger partial charge in [0.15, 0.2) is 17.0 Å². The first-order valence-electron chi connectivity index (χ1n) is 5.62. The lowest BCUT2D eigenvalue weighted by atomic mass is 10.2. The standard InChI is InChI=1S/C12H17ClN2O2/c1-4-8(2)15-12(16)9(3)17-10-6-5-7-14-11(10)13/h5-9H,4H2,1-3H3,(H,15,16). The molecule has 2 unspecified atom stereocenters. The number of carbonyl (C=O) groups excluding carboxylic acids is 1. The van der Waals surface area contributed by atoms with Gasteiger partial charge in [-0.05, 0) is 32.4 Å². The first-order chi connectivity index (χ1) is 8.04. The van der Waals surface area contributed by atoms with E-state index in [1.54, 1.807) is 25.3 Å². The molecule has 0 aliphatic carbocycles. The summed E-state index contributed by atoms with van der Waals surface area (Å²) >= 11 is 5.84. The number of halogens is 1. The highest BCUT2D eigenvalue weighted by atomic mass is 35.5. The summed E-state index contributed by atoms with van der Waals surface area (Å²) in [6, 6.07) is 3.53. The van der Waals surface area contributed by atoms with Crippen LogP contribution in [0.3, 0.4) is 0 Å². The summed E-state index contributed by atoms with van der Waals surface area (Å²) in [6.45, 7) is 5.64. The Morgan fingerprint density at radius 2 is 2.29 bits per heavy atom. The molecule has 5 heteroatoms. The van der Waals surface area contributed by atoms with Crippen LogP contribution in [-0.2, 0) is 4.79 Å². The van der Waals surface area contributed by atoms with E-state index in [0.717, 1.165) is 6.42 Å². The molecule has 1 rings (SSSR count). The number of hydrogen-bond donors (Lipinski definition) is 1. The van der Waals surface area contributed by atoms with Crippen LogP contribution in [0.1, 0.15) is 27.2 Å². The van der Waals surface area contributed by atoms with Crippen LogP contribution in [0, 0.1) is 0 Å². The minimum atomic E-state index is -0.592. The zero-order valence-electron chi connectivity index (χ0n) is 10.2. The van der Waals surface area contributed by atoms with Crippen molar-refractivity contribution < 1.29 is 9.53 Å². The van der Waals surface area contributed by atoms with Crippen LogP contribution < -0.4 is 10.1 Å². The lowest BCUT2D eigenvalue weighted by molar-refractivity contribution is -0.127. The van der Waals surface area contributed by atoms with E-state index in [4.69, 9.17) is 16.3 Å². The Bertz CT molecular complexity index is 385. The Balaban J connectivity index is 2.57. The maximum Gasteiger partial charge on any atom is 0.260 e. The Kier molecular flexibility index (Phi) is 5.22. The van der Waals surface area contributed by atoms with Crippen LogP contribution in [0.15, 0.2) is 18.3 Å². The van der Waals surface area contributed by atoms with Crippen molar-refractivity contribution in [2.24, 2.45) is 0 Å². The van der Waals surface area contributed by atoms with E-state index >= 15 is 0 Å². The van der Waals surface area contributed by atoms with Crippen LogP contribution in [0.5, 0.6) is 5.75 Å². The van der Waals surface area contributed by atoms with Crippen LogP contribution in [0.4, 0.5) is 0 Å². The fourth-order valence-electron chi connectivity index (χ4n) is 1.17. The molecule has 0 radical (unpaired) electrons. The van der Waals surface area contributed by atoms with Gasteiger partial charge < -0.3 is 10.1 Å². The van der Waals surface area contributed by atoms with E-state index in [1.165, 1.54) is 0 Å². The number of nitrogens with zero attached hydrogens (tertiary/aromatic N) is 1. The van der Waals surface area contributed by atoms with Crippen molar-refractivity contribution in [2.75, 3.05) is 0 Å². The van der Waals surface area contributed by atoms with E-state index in [9.17, 15) is 4.79 Å². The molecule has 2 atom stereocenters. The molecule has 4 nitrogen and oxygen atoms in total. The molecule has 1 aromatic rings. The zero-order valence-corrected chi connectivity index (χ0v) is 11.0. The second kappa shape index (κ2) is 6.45. The van der Waals surface area contributed by atoms with Gasteiger partial charge in [-0.15, -0.1) is 0 Å². The van der Waals surface area contributed by atoms with Crippen molar-refractivity contribution in [2.45, 2.75) is 39.3 Å². The van der Waals surface area contributed by atoms with Gasteiger partial charge in [-0.3, -0.25) is 4.79 Å². The minimum absolute atomic E-state index is 0.137. The average molecular weight is 257 g/mol. The van der Waals surface area contributed by atoms with Gasteiger partial charge >= 0.3 is 0 Å². The Morgan fingerprint density at radius 3 is 2.88 bits per heavy atom. The Labute approximate surface area is 106 Å². The van der Waals surface area contributed by atoms with Crippen LogP contribution in [0.2, 0.25) is 5.15 Å². The largest absolute Gasteiger partial charge is 0.478 e. The van der Waals surface area contributed by atoms with Gasteiger partial charge in [-0.25, -0.2) is 4.98 Å². The smallest absolute Gasteiger partial charge is 0.260 e. The first-order valence-corrected chi connectivity index (χ1v) is 6.00. The van der Waals surface area contributed by atoms with Gasteiger partial charge in [0.05, 0.1) is 0 Å². The van der Waals surface area contributed by atoms with Crippen molar-refractivity contribution in [3.8, 4) is 5.75 Å². The molecule has 0 bridgehead atoms. The zero-order chi connectivity index (χ0) is 12.8. The molecule has 94 valence electrons.